The molecule has 0 saturated heterocycles. The zero-order chi connectivity index (χ0) is 14.1. The summed E-state index contributed by atoms with van der Waals surface area (Å²) in [5, 5.41) is 3.11. The third-order valence-electron chi connectivity index (χ3n) is 3.37. The number of nitrogens with zero attached hydrogens (tertiary/aromatic N) is 1. The van der Waals surface area contributed by atoms with Gasteiger partial charge in [0.05, 0.1) is 19.9 Å². The van der Waals surface area contributed by atoms with Crippen LogP contribution in [0.5, 0.6) is 11.5 Å². The third kappa shape index (κ3) is 1.89. The van der Waals surface area contributed by atoms with Gasteiger partial charge in [0.15, 0.2) is 11.5 Å². The number of ether oxygens (including phenoxy) is 2. The standard InChI is InChI=1S/C14H15N3O3/c1-19-10-5-3-4-8(12(10)20-2)11-9-6-7-15-13(9)17-14(18)16-11/h3-5H,6-7H2,1-2H3,(H2,15,16,17,18). The molecule has 0 spiro atoms. The van der Waals surface area contributed by atoms with E-state index in [0.29, 0.717) is 17.3 Å². The van der Waals surface area contributed by atoms with Gasteiger partial charge in [0.25, 0.3) is 0 Å². The Kier molecular flexibility index (Phi) is 3.06. The van der Waals surface area contributed by atoms with Gasteiger partial charge in [-0.1, -0.05) is 6.07 Å². The average Bonchev–Trinajstić information content (AvgIpc) is 2.93. The van der Waals surface area contributed by atoms with Crippen LogP contribution < -0.4 is 20.5 Å². The summed E-state index contributed by atoms with van der Waals surface area (Å²) in [6.45, 7) is 0.777. The zero-order valence-electron chi connectivity index (χ0n) is 11.3. The minimum Gasteiger partial charge on any atom is -0.493 e. The maximum atomic E-state index is 11.7. The van der Waals surface area contributed by atoms with E-state index in [1.165, 1.54) is 0 Å². The van der Waals surface area contributed by atoms with Crippen LogP contribution in [-0.4, -0.2) is 30.7 Å². The molecule has 0 saturated carbocycles. The lowest BCUT2D eigenvalue weighted by Crippen LogP contribution is -2.14. The summed E-state index contributed by atoms with van der Waals surface area (Å²) in [5.74, 6) is 1.88. The van der Waals surface area contributed by atoms with Gasteiger partial charge in [-0.3, -0.25) is 0 Å². The molecule has 1 aliphatic heterocycles. The molecule has 1 aliphatic rings. The van der Waals surface area contributed by atoms with E-state index in [0.717, 1.165) is 29.8 Å². The summed E-state index contributed by atoms with van der Waals surface area (Å²) in [6, 6.07) is 5.58. The van der Waals surface area contributed by atoms with Crippen molar-refractivity contribution in [1.29, 1.82) is 0 Å². The number of aromatic amines is 1. The number of para-hydroxylation sites is 1. The summed E-state index contributed by atoms with van der Waals surface area (Å²) in [6.07, 6.45) is 0.814. The van der Waals surface area contributed by atoms with Crippen molar-refractivity contribution in [3.63, 3.8) is 0 Å². The van der Waals surface area contributed by atoms with E-state index >= 15 is 0 Å². The molecule has 0 amide bonds. The molecule has 0 aliphatic carbocycles. The second-order valence-electron chi connectivity index (χ2n) is 4.46. The van der Waals surface area contributed by atoms with Crippen LogP contribution in [0.15, 0.2) is 23.0 Å². The Hall–Kier alpha value is -2.50. The Balaban J connectivity index is 2.27. The Morgan fingerprint density at radius 2 is 2.10 bits per heavy atom. The number of anilines is 1. The lowest BCUT2D eigenvalue weighted by molar-refractivity contribution is 0.356. The molecule has 20 heavy (non-hydrogen) atoms. The van der Waals surface area contributed by atoms with Crippen molar-refractivity contribution in [3.05, 3.63) is 34.2 Å². The van der Waals surface area contributed by atoms with Gasteiger partial charge < -0.3 is 19.8 Å². The first kappa shape index (κ1) is 12.5. The molecular formula is C14H15N3O3. The average molecular weight is 273 g/mol. The Morgan fingerprint density at radius 3 is 2.85 bits per heavy atom. The number of nitrogens with one attached hydrogen (secondary N) is 2. The second-order valence-corrected chi connectivity index (χ2v) is 4.46. The molecule has 2 N–H and O–H groups in total. The van der Waals surface area contributed by atoms with Crippen LogP contribution in [0.1, 0.15) is 5.56 Å². The fourth-order valence-corrected chi connectivity index (χ4v) is 2.51. The first-order chi connectivity index (χ1) is 9.74. The van der Waals surface area contributed by atoms with E-state index in [2.05, 4.69) is 15.3 Å². The van der Waals surface area contributed by atoms with Gasteiger partial charge in [-0.25, -0.2) is 4.79 Å². The Bertz CT molecular complexity index is 709. The minimum absolute atomic E-state index is 0.377. The van der Waals surface area contributed by atoms with E-state index in [1.807, 2.05) is 18.2 Å². The number of hydrogen-bond acceptors (Lipinski definition) is 5. The zero-order valence-corrected chi connectivity index (χ0v) is 11.3. The van der Waals surface area contributed by atoms with Crippen molar-refractivity contribution >= 4 is 5.82 Å². The van der Waals surface area contributed by atoms with Crippen molar-refractivity contribution in [2.75, 3.05) is 26.1 Å². The van der Waals surface area contributed by atoms with Gasteiger partial charge in [-0.05, 0) is 18.6 Å². The molecule has 0 unspecified atom stereocenters. The van der Waals surface area contributed by atoms with Crippen molar-refractivity contribution in [3.8, 4) is 22.8 Å². The molecule has 0 atom stereocenters. The van der Waals surface area contributed by atoms with Crippen LogP contribution in [-0.2, 0) is 6.42 Å². The monoisotopic (exact) mass is 273 g/mol. The van der Waals surface area contributed by atoms with Gasteiger partial charge >= 0.3 is 5.69 Å². The molecule has 0 radical (unpaired) electrons. The number of H-pyrrole nitrogens is 1. The predicted molar refractivity (Wildman–Crippen MR) is 75.6 cm³/mol. The van der Waals surface area contributed by atoms with Crippen LogP contribution in [0.2, 0.25) is 0 Å². The lowest BCUT2D eigenvalue weighted by atomic mass is 10.0. The van der Waals surface area contributed by atoms with Gasteiger partial charge in [-0.2, -0.15) is 4.98 Å². The number of rotatable bonds is 3. The lowest BCUT2D eigenvalue weighted by Gasteiger charge is -2.14. The topological polar surface area (TPSA) is 76.2 Å². The van der Waals surface area contributed by atoms with Crippen LogP contribution >= 0.6 is 0 Å². The highest BCUT2D eigenvalue weighted by molar-refractivity contribution is 5.77. The molecule has 1 aromatic heterocycles. The van der Waals surface area contributed by atoms with Crippen molar-refractivity contribution < 1.29 is 9.47 Å². The number of hydrogen-bond donors (Lipinski definition) is 2. The molecule has 1 aromatic carbocycles. The molecule has 2 aromatic rings. The number of benzene rings is 1. The highest BCUT2D eigenvalue weighted by Gasteiger charge is 2.21. The first-order valence-corrected chi connectivity index (χ1v) is 6.33. The maximum absolute atomic E-state index is 11.7. The maximum Gasteiger partial charge on any atom is 0.347 e. The summed E-state index contributed by atoms with van der Waals surface area (Å²) < 4.78 is 10.7. The predicted octanol–water partition coefficient (Wildman–Crippen LogP) is 1.42. The summed E-state index contributed by atoms with van der Waals surface area (Å²) in [4.78, 5) is 18.5. The SMILES string of the molecule is COc1cccc(-c2[nH]c(=O)nc3c2CCN3)c1OC. The van der Waals surface area contributed by atoms with Crippen LogP contribution in [0.3, 0.4) is 0 Å². The van der Waals surface area contributed by atoms with Gasteiger partial charge in [0.2, 0.25) is 0 Å². The fourth-order valence-electron chi connectivity index (χ4n) is 2.51. The van der Waals surface area contributed by atoms with Crippen molar-refractivity contribution in [2.45, 2.75) is 6.42 Å². The largest absolute Gasteiger partial charge is 0.493 e. The van der Waals surface area contributed by atoms with Crippen LogP contribution in [0.25, 0.3) is 11.3 Å². The number of fused-ring (bicyclic) bond motifs is 1. The third-order valence-corrected chi connectivity index (χ3v) is 3.37. The Morgan fingerprint density at radius 1 is 1.25 bits per heavy atom. The normalized spacial score (nSPS) is 12.7. The summed E-state index contributed by atoms with van der Waals surface area (Å²) in [5.41, 5.74) is 2.15. The smallest absolute Gasteiger partial charge is 0.347 e. The number of methoxy groups -OCH3 is 2. The molecule has 2 heterocycles. The van der Waals surface area contributed by atoms with Crippen LogP contribution in [0.4, 0.5) is 5.82 Å². The first-order valence-electron chi connectivity index (χ1n) is 6.33. The Labute approximate surface area is 115 Å². The molecule has 3 rings (SSSR count). The second kappa shape index (κ2) is 4.88. The van der Waals surface area contributed by atoms with Gasteiger partial charge in [-0.15, -0.1) is 0 Å². The molecule has 0 fully saturated rings. The quantitative estimate of drug-likeness (QED) is 0.884. The molecule has 104 valence electrons. The van der Waals surface area contributed by atoms with E-state index in [-0.39, 0.29) is 5.69 Å². The molecule has 0 bridgehead atoms. The van der Waals surface area contributed by atoms with Crippen molar-refractivity contribution in [2.24, 2.45) is 0 Å². The number of aromatic nitrogens is 2. The summed E-state index contributed by atoms with van der Waals surface area (Å²) >= 11 is 0. The minimum atomic E-state index is -0.377. The molecule has 6 heteroatoms. The fraction of sp³-hybridized carbons (Fsp3) is 0.286. The van der Waals surface area contributed by atoms with Crippen LogP contribution in [0, 0.1) is 0 Å². The summed E-state index contributed by atoms with van der Waals surface area (Å²) in [7, 11) is 3.17. The van der Waals surface area contributed by atoms with Crippen molar-refractivity contribution in [1.82, 2.24) is 9.97 Å². The van der Waals surface area contributed by atoms with Gasteiger partial charge in [0, 0.05) is 17.7 Å². The van der Waals surface area contributed by atoms with E-state index in [9.17, 15) is 4.79 Å². The highest BCUT2D eigenvalue weighted by Crippen LogP contribution is 2.39. The van der Waals surface area contributed by atoms with E-state index < -0.39 is 0 Å². The molecular weight excluding hydrogens is 258 g/mol. The van der Waals surface area contributed by atoms with E-state index in [1.54, 1.807) is 14.2 Å². The van der Waals surface area contributed by atoms with E-state index in [4.69, 9.17) is 9.47 Å². The van der Waals surface area contributed by atoms with Gasteiger partial charge in [0.1, 0.15) is 5.82 Å². The molecule has 6 nitrogen and oxygen atoms in total. The highest BCUT2D eigenvalue weighted by atomic mass is 16.5.